The predicted molar refractivity (Wildman–Crippen MR) is 137 cm³/mol. The Labute approximate surface area is 211 Å². The highest BCUT2D eigenvalue weighted by atomic mass is 35.5. The number of ketones is 1. The van der Waals surface area contributed by atoms with Gasteiger partial charge in [-0.15, -0.1) is 0 Å². The highest BCUT2D eigenvalue weighted by Gasteiger charge is 2.40. The van der Waals surface area contributed by atoms with Crippen LogP contribution in [0, 0.1) is 5.41 Å². The van der Waals surface area contributed by atoms with Gasteiger partial charge in [-0.2, -0.15) is 0 Å². The maximum absolute atomic E-state index is 13.7. The summed E-state index contributed by atoms with van der Waals surface area (Å²) >= 11 is 7.66. The molecule has 1 aromatic heterocycles. The van der Waals surface area contributed by atoms with Gasteiger partial charge in [-0.3, -0.25) is 14.2 Å². The van der Waals surface area contributed by atoms with Crippen molar-refractivity contribution in [1.82, 2.24) is 4.57 Å². The molecule has 0 saturated carbocycles. The summed E-state index contributed by atoms with van der Waals surface area (Å²) in [4.78, 5) is 32.6. The Kier molecular flexibility index (Phi) is 5.93. The van der Waals surface area contributed by atoms with Gasteiger partial charge < -0.3 is 9.47 Å². The van der Waals surface area contributed by atoms with Gasteiger partial charge in [-0.25, -0.2) is 4.99 Å². The molecular formula is C27H25ClN2O4S. The minimum atomic E-state index is -0.599. The van der Waals surface area contributed by atoms with Crippen molar-refractivity contribution in [3.8, 4) is 11.5 Å². The number of fused-ring (bicyclic) bond motifs is 1. The first-order chi connectivity index (χ1) is 16.7. The topological polar surface area (TPSA) is 69.9 Å². The first-order valence-electron chi connectivity index (χ1n) is 11.3. The fraction of sp³-hybridized carbons (Fsp3) is 0.296. The van der Waals surface area contributed by atoms with Crippen LogP contribution in [-0.4, -0.2) is 24.6 Å². The van der Waals surface area contributed by atoms with E-state index in [0.29, 0.717) is 44.3 Å². The van der Waals surface area contributed by atoms with Crippen molar-refractivity contribution in [3.63, 3.8) is 0 Å². The standard InChI is InChI=1S/C27H25ClN2O4S/c1-27(2)13-18-23(19(31)14-27)24(16-9-10-20(33-3)21(11-16)34-4)30-25(32)22(35-26(30)29-18)12-15-7-5-6-8-17(15)28/h5-12,24H,13-14H2,1-4H3. The number of carbonyl (C=O) groups is 1. The van der Waals surface area contributed by atoms with Crippen molar-refractivity contribution in [2.45, 2.75) is 32.7 Å². The number of benzene rings is 2. The van der Waals surface area contributed by atoms with Gasteiger partial charge in [-0.05, 0) is 47.2 Å². The van der Waals surface area contributed by atoms with E-state index in [1.54, 1.807) is 37.0 Å². The van der Waals surface area contributed by atoms with Gasteiger partial charge in [0.05, 0.1) is 30.5 Å². The highest BCUT2D eigenvalue weighted by Crippen LogP contribution is 2.44. The number of rotatable bonds is 4. The number of methoxy groups -OCH3 is 2. The zero-order valence-corrected chi connectivity index (χ0v) is 21.5. The van der Waals surface area contributed by atoms with Crippen LogP contribution in [0.1, 0.15) is 43.9 Å². The molecule has 6 nitrogen and oxygen atoms in total. The number of hydrogen-bond donors (Lipinski definition) is 0. The third-order valence-electron chi connectivity index (χ3n) is 6.41. The lowest BCUT2D eigenvalue weighted by atomic mass is 9.73. The molecule has 2 aromatic carbocycles. The van der Waals surface area contributed by atoms with E-state index in [1.807, 2.05) is 30.3 Å². The zero-order valence-electron chi connectivity index (χ0n) is 19.9. The number of ether oxygens (including phenoxy) is 2. The fourth-order valence-electron chi connectivity index (χ4n) is 4.82. The van der Waals surface area contributed by atoms with Crippen molar-refractivity contribution < 1.29 is 14.3 Å². The second-order valence-corrected chi connectivity index (χ2v) is 10.9. The molecule has 5 rings (SSSR count). The van der Waals surface area contributed by atoms with Crippen LogP contribution in [0.25, 0.3) is 6.08 Å². The average molecular weight is 509 g/mol. The summed E-state index contributed by atoms with van der Waals surface area (Å²) in [6, 6.07) is 12.3. The summed E-state index contributed by atoms with van der Waals surface area (Å²) in [5, 5.41) is 0.561. The van der Waals surface area contributed by atoms with Crippen molar-refractivity contribution in [2.75, 3.05) is 14.2 Å². The first-order valence-corrected chi connectivity index (χ1v) is 12.5. The van der Waals surface area contributed by atoms with Gasteiger partial charge in [0.25, 0.3) is 5.56 Å². The van der Waals surface area contributed by atoms with E-state index < -0.39 is 6.04 Å². The number of carbonyl (C=O) groups excluding carboxylic acids is 1. The van der Waals surface area contributed by atoms with Crippen molar-refractivity contribution in [1.29, 1.82) is 0 Å². The molecular weight excluding hydrogens is 484 g/mol. The summed E-state index contributed by atoms with van der Waals surface area (Å²) in [7, 11) is 3.14. The molecule has 180 valence electrons. The molecule has 0 amide bonds. The van der Waals surface area contributed by atoms with E-state index >= 15 is 0 Å². The molecule has 3 aromatic rings. The number of thiazole rings is 1. The van der Waals surface area contributed by atoms with Crippen LogP contribution in [0.2, 0.25) is 5.02 Å². The third kappa shape index (κ3) is 4.13. The Morgan fingerprint density at radius 3 is 2.54 bits per heavy atom. The maximum atomic E-state index is 13.7. The van der Waals surface area contributed by atoms with Gasteiger partial charge in [0.15, 0.2) is 22.1 Å². The molecule has 1 aliphatic heterocycles. The van der Waals surface area contributed by atoms with E-state index in [4.69, 9.17) is 26.1 Å². The number of aromatic nitrogens is 1. The zero-order chi connectivity index (χ0) is 24.9. The molecule has 2 heterocycles. The summed E-state index contributed by atoms with van der Waals surface area (Å²) in [5.41, 5.74) is 2.43. The SMILES string of the molecule is COc1ccc(C2C3=C(CC(C)(C)CC3=O)N=c3sc(=Cc4ccccc4Cl)c(=O)n32)cc1OC. The van der Waals surface area contributed by atoms with Crippen LogP contribution in [0.3, 0.4) is 0 Å². The summed E-state index contributed by atoms with van der Waals surface area (Å²) in [6.45, 7) is 4.14. The number of hydrogen-bond acceptors (Lipinski definition) is 6. The molecule has 0 radical (unpaired) electrons. The average Bonchev–Trinajstić information content (AvgIpc) is 3.12. The summed E-state index contributed by atoms with van der Waals surface area (Å²) in [5.74, 6) is 1.12. The molecule has 0 spiro atoms. The number of halogens is 1. The lowest BCUT2D eigenvalue weighted by Gasteiger charge is -2.35. The molecule has 35 heavy (non-hydrogen) atoms. The quantitative estimate of drug-likeness (QED) is 0.527. The van der Waals surface area contributed by atoms with Gasteiger partial charge >= 0.3 is 0 Å². The second-order valence-electron chi connectivity index (χ2n) is 9.52. The van der Waals surface area contributed by atoms with Gasteiger partial charge in [0, 0.05) is 17.0 Å². The monoisotopic (exact) mass is 508 g/mol. The Hall–Kier alpha value is -3.16. The molecule has 0 fully saturated rings. The van der Waals surface area contributed by atoms with Crippen LogP contribution in [0.4, 0.5) is 0 Å². The fourth-order valence-corrected chi connectivity index (χ4v) is 6.02. The van der Waals surface area contributed by atoms with Crippen molar-refractivity contribution >= 4 is 34.8 Å². The molecule has 1 aliphatic carbocycles. The van der Waals surface area contributed by atoms with E-state index in [2.05, 4.69) is 13.8 Å². The van der Waals surface area contributed by atoms with Crippen LogP contribution < -0.4 is 24.4 Å². The number of Topliss-reactive ketones (excluding diaryl/α,β-unsaturated/α-hetero) is 1. The molecule has 8 heteroatoms. The summed E-state index contributed by atoms with van der Waals surface area (Å²) < 4.78 is 13.1. The Balaban J connectivity index is 1.79. The first kappa shape index (κ1) is 23.6. The largest absolute Gasteiger partial charge is 0.493 e. The number of allylic oxidation sites excluding steroid dienone is 2. The van der Waals surface area contributed by atoms with E-state index in [-0.39, 0.29) is 16.8 Å². The van der Waals surface area contributed by atoms with Gasteiger partial charge in [0.2, 0.25) is 0 Å². The lowest BCUT2D eigenvalue weighted by molar-refractivity contribution is -0.118. The summed E-state index contributed by atoms with van der Waals surface area (Å²) in [6.07, 6.45) is 2.85. The van der Waals surface area contributed by atoms with Gasteiger partial charge in [0.1, 0.15) is 0 Å². The Morgan fingerprint density at radius 1 is 1.09 bits per heavy atom. The lowest BCUT2D eigenvalue weighted by Crippen LogP contribution is -2.42. The number of nitrogens with zero attached hydrogens (tertiary/aromatic N) is 2. The van der Waals surface area contributed by atoms with Crippen molar-refractivity contribution in [2.24, 2.45) is 10.4 Å². The van der Waals surface area contributed by atoms with Crippen LogP contribution in [0.15, 0.2) is 63.5 Å². The highest BCUT2D eigenvalue weighted by molar-refractivity contribution is 7.07. The van der Waals surface area contributed by atoms with Crippen LogP contribution in [-0.2, 0) is 4.79 Å². The third-order valence-corrected chi connectivity index (χ3v) is 7.74. The molecule has 0 saturated heterocycles. The minimum absolute atomic E-state index is 0.0140. The van der Waals surface area contributed by atoms with Crippen LogP contribution in [0.5, 0.6) is 11.5 Å². The molecule has 1 unspecified atom stereocenters. The minimum Gasteiger partial charge on any atom is -0.493 e. The van der Waals surface area contributed by atoms with Crippen LogP contribution >= 0.6 is 22.9 Å². The predicted octanol–water partition coefficient (Wildman–Crippen LogP) is 4.28. The Morgan fingerprint density at radius 2 is 1.83 bits per heavy atom. The van der Waals surface area contributed by atoms with E-state index in [0.717, 1.165) is 16.8 Å². The van der Waals surface area contributed by atoms with E-state index in [9.17, 15) is 9.59 Å². The second kappa shape index (κ2) is 8.81. The molecule has 1 atom stereocenters. The molecule has 0 N–H and O–H groups in total. The van der Waals surface area contributed by atoms with Gasteiger partial charge in [-0.1, -0.05) is 61.1 Å². The Bertz CT molecular complexity index is 1560. The molecule has 2 aliphatic rings. The smallest absolute Gasteiger partial charge is 0.271 e. The van der Waals surface area contributed by atoms with E-state index in [1.165, 1.54) is 11.3 Å². The maximum Gasteiger partial charge on any atom is 0.271 e. The molecule has 0 bridgehead atoms. The normalized spacial score (nSPS) is 19.2. The van der Waals surface area contributed by atoms with Crippen molar-refractivity contribution in [3.05, 3.63) is 89.6 Å².